The van der Waals surface area contributed by atoms with E-state index in [2.05, 4.69) is 0 Å². The highest BCUT2D eigenvalue weighted by molar-refractivity contribution is 7.98. The normalized spacial score (nSPS) is 19.1. The average Bonchev–Trinajstić information content (AvgIpc) is 1.97. The summed E-state index contributed by atoms with van der Waals surface area (Å²) in [6.07, 6.45) is 0. The van der Waals surface area contributed by atoms with Gasteiger partial charge in [0.15, 0.2) is 0 Å². The highest BCUT2D eigenvalue weighted by atomic mass is 32.2. The van der Waals surface area contributed by atoms with E-state index in [0.29, 0.717) is 0 Å². The molecule has 0 aliphatic carbocycles. The van der Waals surface area contributed by atoms with Crippen LogP contribution in [0.4, 0.5) is 0 Å². The maximum Gasteiger partial charge on any atom is 0.265 e. The number of amides is 2. The van der Waals surface area contributed by atoms with Crippen LogP contribution < -0.4 is 0 Å². The van der Waals surface area contributed by atoms with Crippen LogP contribution in [0, 0.1) is 0 Å². The molecule has 0 radical (unpaired) electrons. The molecule has 12 heavy (non-hydrogen) atoms. The summed E-state index contributed by atoms with van der Waals surface area (Å²) < 4.78 is 5.94. The van der Waals surface area contributed by atoms with Crippen LogP contribution >= 0.6 is 11.9 Å². The first kappa shape index (κ1) is 9.54. The number of imide groups is 1. The van der Waals surface area contributed by atoms with Crippen molar-refractivity contribution in [3.8, 4) is 0 Å². The second-order valence-corrected chi connectivity index (χ2v) is 4.25. The quantitative estimate of drug-likeness (QED) is 0.467. The van der Waals surface area contributed by atoms with Crippen LogP contribution in [0.1, 0.15) is 13.8 Å². The zero-order chi connectivity index (χ0) is 9.14. The molecule has 5 heteroatoms. The van der Waals surface area contributed by atoms with Crippen molar-refractivity contribution in [2.24, 2.45) is 0 Å². The van der Waals surface area contributed by atoms with Crippen LogP contribution in [0.5, 0.6) is 0 Å². The zero-order valence-corrected chi connectivity index (χ0v) is 7.89. The highest BCUT2D eigenvalue weighted by Crippen LogP contribution is 2.18. The molecule has 0 N–H and O–H groups in total. The molecule has 0 bridgehead atoms. The predicted octanol–water partition coefficient (Wildman–Crippen LogP) is 0.428. The Morgan fingerprint density at radius 2 is 1.83 bits per heavy atom. The summed E-state index contributed by atoms with van der Waals surface area (Å²) in [5, 5.41) is 0.232. The first-order valence-corrected chi connectivity index (χ1v) is 4.55. The van der Waals surface area contributed by atoms with Gasteiger partial charge in [-0.2, -0.15) is 0 Å². The minimum atomic E-state index is -0.259. The Balaban J connectivity index is 2.57. The zero-order valence-electron chi connectivity index (χ0n) is 7.07. The third-order valence-corrected chi connectivity index (χ3v) is 2.26. The molecule has 4 nitrogen and oxygen atoms in total. The van der Waals surface area contributed by atoms with Crippen LogP contribution in [0.15, 0.2) is 0 Å². The second-order valence-electron chi connectivity index (χ2n) is 2.73. The first-order chi connectivity index (χ1) is 5.61. The van der Waals surface area contributed by atoms with Gasteiger partial charge in [-0.3, -0.25) is 9.59 Å². The molecule has 1 saturated heterocycles. The monoisotopic (exact) mass is 189 g/mol. The maximum absolute atomic E-state index is 11.1. The van der Waals surface area contributed by atoms with Crippen molar-refractivity contribution < 1.29 is 14.3 Å². The molecule has 0 aromatic carbocycles. The van der Waals surface area contributed by atoms with Gasteiger partial charge in [0.25, 0.3) is 11.8 Å². The van der Waals surface area contributed by atoms with E-state index in [1.165, 1.54) is 16.3 Å². The number of nitrogens with zero attached hydrogens (tertiary/aromatic N) is 1. The van der Waals surface area contributed by atoms with Crippen LogP contribution in [0.25, 0.3) is 0 Å². The lowest BCUT2D eigenvalue weighted by atomic mass is 10.5. The Labute approximate surface area is 75.4 Å². The summed E-state index contributed by atoms with van der Waals surface area (Å²) >= 11 is 1.25. The van der Waals surface area contributed by atoms with Crippen molar-refractivity contribution in [2.75, 3.05) is 13.2 Å². The number of carbonyl (C=O) groups excluding carboxylic acids is 2. The van der Waals surface area contributed by atoms with Gasteiger partial charge < -0.3 is 4.74 Å². The SMILES string of the molecule is CC(C)SN1C(=O)COCC1=O. The summed E-state index contributed by atoms with van der Waals surface area (Å²) in [6, 6.07) is 0. The molecule has 1 fully saturated rings. The van der Waals surface area contributed by atoms with E-state index in [1.807, 2.05) is 13.8 Å². The molecule has 68 valence electrons. The van der Waals surface area contributed by atoms with E-state index in [4.69, 9.17) is 4.74 Å². The predicted molar refractivity (Wildman–Crippen MR) is 45.4 cm³/mol. The van der Waals surface area contributed by atoms with Gasteiger partial charge in [0.2, 0.25) is 0 Å². The van der Waals surface area contributed by atoms with E-state index in [1.54, 1.807) is 0 Å². The van der Waals surface area contributed by atoms with Crippen molar-refractivity contribution in [3.05, 3.63) is 0 Å². The van der Waals surface area contributed by atoms with Gasteiger partial charge in [0.05, 0.1) is 0 Å². The van der Waals surface area contributed by atoms with Gasteiger partial charge in [-0.15, -0.1) is 0 Å². The Kier molecular flexibility index (Phi) is 3.11. The molecule has 0 spiro atoms. The summed E-state index contributed by atoms with van der Waals surface area (Å²) in [4.78, 5) is 22.2. The topological polar surface area (TPSA) is 46.6 Å². The number of morpholine rings is 1. The Morgan fingerprint density at radius 1 is 1.33 bits per heavy atom. The Hall–Kier alpha value is -0.550. The molecule has 1 aliphatic heterocycles. The van der Waals surface area contributed by atoms with Gasteiger partial charge >= 0.3 is 0 Å². The fraction of sp³-hybridized carbons (Fsp3) is 0.714. The van der Waals surface area contributed by atoms with Crippen molar-refractivity contribution in [1.29, 1.82) is 0 Å². The minimum Gasteiger partial charge on any atom is -0.362 e. The van der Waals surface area contributed by atoms with Gasteiger partial charge in [0, 0.05) is 5.25 Å². The summed E-state index contributed by atoms with van der Waals surface area (Å²) in [5.41, 5.74) is 0. The number of ether oxygens (including phenoxy) is 1. The minimum absolute atomic E-state index is 0.0193. The van der Waals surface area contributed by atoms with E-state index >= 15 is 0 Å². The van der Waals surface area contributed by atoms with Crippen LogP contribution in [0.3, 0.4) is 0 Å². The van der Waals surface area contributed by atoms with Crippen LogP contribution in [-0.4, -0.2) is 34.6 Å². The smallest absolute Gasteiger partial charge is 0.265 e. The van der Waals surface area contributed by atoms with Crippen molar-refractivity contribution in [2.45, 2.75) is 19.1 Å². The van der Waals surface area contributed by atoms with Gasteiger partial charge in [-0.25, -0.2) is 4.31 Å². The molecular weight excluding hydrogens is 178 g/mol. The average molecular weight is 189 g/mol. The third-order valence-electron chi connectivity index (χ3n) is 1.22. The molecule has 2 amide bonds. The van der Waals surface area contributed by atoms with E-state index in [9.17, 15) is 9.59 Å². The van der Waals surface area contributed by atoms with E-state index in [-0.39, 0.29) is 30.3 Å². The Bertz CT molecular complexity index is 189. The van der Waals surface area contributed by atoms with Gasteiger partial charge in [-0.05, 0) is 11.9 Å². The number of hydrogen-bond acceptors (Lipinski definition) is 4. The highest BCUT2D eigenvalue weighted by Gasteiger charge is 2.27. The largest absolute Gasteiger partial charge is 0.362 e. The maximum atomic E-state index is 11.1. The number of carbonyl (C=O) groups is 2. The second kappa shape index (κ2) is 3.91. The fourth-order valence-corrected chi connectivity index (χ4v) is 1.57. The molecule has 1 heterocycles. The molecule has 1 aliphatic rings. The Morgan fingerprint density at radius 3 is 2.25 bits per heavy atom. The van der Waals surface area contributed by atoms with Crippen LogP contribution in [0.2, 0.25) is 0 Å². The van der Waals surface area contributed by atoms with Crippen molar-refractivity contribution in [1.82, 2.24) is 4.31 Å². The summed E-state index contributed by atoms with van der Waals surface area (Å²) in [7, 11) is 0. The lowest BCUT2D eigenvalue weighted by Crippen LogP contribution is -2.42. The fourth-order valence-electron chi connectivity index (χ4n) is 0.810. The molecule has 0 saturated carbocycles. The molecule has 0 unspecified atom stereocenters. The van der Waals surface area contributed by atoms with Crippen molar-refractivity contribution >= 4 is 23.8 Å². The molecule has 0 aromatic heterocycles. The summed E-state index contributed by atoms with van der Waals surface area (Å²) in [6.45, 7) is 3.90. The summed E-state index contributed by atoms with van der Waals surface area (Å²) in [5.74, 6) is -0.519. The molecular formula is C7H11NO3S. The molecule has 0 aromatic rings. The molecule has 1 rings (SSSR count). The van der Waals surface area contributed by atoms with Gasteiger partial charge in [-0.1, -0.05) is 13.8 Å². The van der Waals surface area contributed by atoms with E-state index in [0.717, 1.165) is 0 Å². The standard InChI is InChI=1S/C7H11NO3S/c1-5(2)12-8-6(9)3-11-4-7(8)10/h5H,3-4H2,1-2H3. The lowest BCUT2D eigenvalue weighted by Gasteiger charge is -2.24. The molecule has 0 atom stereocenters. The van der Waals surface area contributed by atoms with E-state index < -0.39 is 0 Å². The third kappa shape index (κ3) is 2.22. The van der Waals surface area contributed by atoms with Crippen LogP contribution in [-0.2, 0) is 14.3 Å². The number of rotatable bonds is 2. The first-order valence-electron chi connectivity index (χ1n) is 3.71. The number of hydrogen-bond donors (Lipinski definition) is 0. The van der Waals surface area contributed by atoms with Gasteiger partial charge in [0.1, 0.15) is 13.2 Å². The van der Waals surface area contributed by atoms with Crippen molar-refractivity contribution in [3.63, 3.8) is 0 Å². The lowest BCUT2D eigenvalue weighted by molar-refractivity contribution is -0.150.